The molecular weight excluding hydrogens is 281 g/mol. The number of alkyl halides is 3. The van der Waals surface area contributed by atoms with Gasteiger partial charge in [0.1, 0.15) is 0 Å². The average Bonchev–Trinajstić information content (AvgIpc) is 2.46. The van der Waals surface area contributed by atoms with Crippen molar-refractivity contribution >= 4 is 5.91 Å². The van der Waals surface area contributed by atoms with Crippen LogP contribution < -0.4 is 5.32 Å². The zero-order chi connectivity index (χ0) is 15.5. The van der Waals surface area contributed by atoms with Crippen LogP contribution in [-0.2, 0) is 17.4 Å². The quantitative estimate of drug-likeness (QED) is 0.930. The lowest BCUT2D eigenvalue weighted by Crippen LogP contribution is -2.47. The van der Waals surface area contributed by atoms with Crippen LogP contribution >= 0.6 is 0 Å². The fourth-order valence-electron chi connectivity index (χ4n) is 2.67. The Kier molecular flexibility index (Phi) is 4.88. The van der Waals surface area contributed by atoms with E-state index in [4.69, 9.17) is 0 Å². The van der Waals surface area contributed by atoms with Crippen LogP contribution in [0.25, 0.3) is 0 Å². The zero-order valence-electron chi connectivity index (χ0n) is 11.9. The summed E-state index contributed by atoms with van der Waals surface area (Å²) in [4.78, 5) is 13.9. The van der Waals surface area contributed by atoms with Gasteiger partial charge in [0, 0.05) is 19.1 Å². The van der Waals surface area contributed by atoms with Gasteiger partial charge in [0.2, 0.25) is 5.91 Å². The van der Waals surface area contributed by atoms with Crippen molar-refractivity contribution in [1.29, 1.82) is 0 Å². The maximum Gasteiger partial charge on any atom is 0.416 e. The van der Waals surface area contributed by atoms with Crippen molar-refractivity contribution in [3.05, 3.63) is 35.4 Å². The number of nitrogens with zero attached hydrogens (tertiary/aromatic N) is 1. The number of hydrogen-bond acceptors (Lipinski definition) is 2. The summed E-state index contributed by atoms with van der Waals surface area (Å²) in [5.74, 6) is -0.244. The molecule has 0 aliphatic carbocycles. The van der Waals surface area contributed by atoms with Crippen molar-refractivity contribution in [3.8, 4) is 0 Å². The third-order valence-corrected chi connectivity index (χ3v) is 3.85. The maximum atomic E-state index is 12.9. The molecule has 0 radical (unpaired) electrons. The Morgan fingerprint density at radius 3 is 2.76 bits per heavy atom. The van der Waals surface area contributed by atoms with Crippen LogP contribution in [0.2, 0.25) is 0 Å². The van der Waals surface area contributed by atoms with Crippen LogP contribution in [-0.4, -0.2) is 37.0 Å². The standard InChI is InChI=1S/C15H19F3N2O/c1-19-12-6-4-8-20(10-12)14(21)9-11-5-2-3-7-13(11)15(16,17)18/h2-3,5,7,12,19H,4,6,8-10H2,1H3. The Bertz CT molecular complexity index is 502. The molecule has 0 saturated carbocycles. The fraction of sp³-hybridized carbons (Fsp3) is 0.533. The minimum absolute atomic E-state index is 0.0431. The molecule has 1 saturated heterocycles. The van der Waals surface area contributed by atoms with Gasteiger partial charge in [-0.25, -0.2) is 0 Å². The van der Waals surface area contributed by atoms with Crippen LogP contribution in [0.5, 0.6) is 0 Å². The number of carbonyl (C=O) groups is 1. The Labute approximate surface area is 122 Å². The minimum atomic E-state index is -4.42. The van der Waals surface area contributed by atoms with E-state index in [2.05, 4.69) is 5.32 Å². The Morgan fingerprint density at radius 1 is 1.38 bits per heavy atom. The number of nitrogens with one attached hydrogen (secondary N) is 1. The number of hydrogen-bond donors (Lipinski definition) is 1. The van der Waals surface area contributed by atoms with Gasteiger partial charge in [0.05, 0.1) is 12.0 Å². The molecule has 1 fully saturated rings. The van der Waals surface area contributed by atoms with Crippen LogP contribution in [0, 0.1) is 0 Å². The lowest BCUT2D eigenvalue weighted by molar-refractivity contribution is -0.138. The Hall–Kier alpha value is -1.56. The molecule has 1 aromatic rings. The van der Waals surface area contributed by atoms with Crippen molar-refractivity contribution in [1.82, 2.24) is 10.2 Å². The van der Waals surface area contributed by atoms with Crippen molar-refractivity contribution in [2.24, 2.45) is 0 Å². The van der Waals surface area contributed by atoms with Crippen LogP contribution in [0.15, 0.2) is 24.3 Å². The van der Waals surface area contributed by atoms with Gasteiger partial charge in [-0.15, -0.1) is 0 Å². The molecule has 2 rings (SSSR count). The first-order valence-electron chi connectivity index (χ1n) is 7.02. The van der Waals surface area contributed by atoms with Gasteiger partial charge in [-0.3, -0.25) is 4.79 Å². The second-order valence-corrected chi connectivity index (χ2v) is 5.30. The first kappa shape index (κ1) is 15.8. The van der Waals surface area contributed by atoms with Gasteiger partial charge in [-0.1, -0.05) is 18.2 Å². The SMILES string of the molecule is CNC1CCCN(C(=O)Cc2ccccc2C(F)(F)F)C1. The molecule has 1 heterocycles. The van der Waals surface area contributed by atoms with E-state index in [0.29, 0.717) is 13.1 Å². The molecule has 0 bridgehead atoms. The summed E-state index contributed by atoms with van der Waals surface area (Å²) in [7, 11) is 1.83. The number of likely N-dealkylation sites (tertiary alicyclic amines) is 1. The molecule has 0 spiro atoms. The molecular formula is C15H19F3N2O. The number of benzene rings is 1. The summed E-state index contributed by atoms with van der Waals surface area (Å²) in [6.07, 6.45) is -2.77. The van der Waals surface area contributed by atoms with Gasteiger partial charge in [0.25, 0.3) is 0 Å². The van der Waals surface area contributed by atoms with Crippen LogP contribution in [0.3, 0.4) is 0 Å². The molecule has 1 unspecified atom stereocenters. The van der Waals surface area contributed by atoms with Gasteiger partial charge >= 0.3 is 6.18 Å². The van der Waals surface area contributed by atoms with Crippen LogP contribution in [0.4, 0.5) is 13.2 Å². The third-order valence-electron chi connectivity index (χ3n) is 3.85. The third kappa shape index (κ3) is 3.97. The average molecular weight is 300 g/mol. The molecule has 1 aliphatic rings. The lowest BCUT2D eigenvalue weighted by Gasteiger charge is -2.32. The normalized spacial score (nSPS) is 19.6. The van der Waals surface area contributed by atoms with E-state index < -0.39 is 11.7 Å². The highest BCUT2D eigenvalue weighted by molar-refractivity contribution is 5.79. The topological polar surface area (TPSA) is 32.3 Å². The van der Waals surface area contributed by atoms with E-state index in [-0.39, 0.29) is 23.9 Å². The highest BCUT2D eigenvalue weighted by Gasteiger charge is 2.34. The molecule has 1 amide bonds. The predicted octanol–water partition coefficient (Wildman–Crippen LogP) is 2.46. The van der Waals surface area contributed by atoms with Gasteiger partial charge in [-0.05, 0) is 31.5 Å². The molecule has 1 aliphatic heterocycles. The van der Waals surface area contributed by atoms with Crippen LogP contribution in [0.1, 0.15) is 24.0 Å². The number of piperidine rings is 1. The fourth-order valence-corrected chi connectivity index (χ4v) is 2.67. The van der Waals surface area contributed by atoms with E-state index in [1.165, 1.54) is 18.2 Å². The summed E-state index contributed by atoms with van der Waals surface area (Å²) in [6, 6.07) is 5.50. The molecule has 1 N–H and O–H groups in total. The maximum absolute atomic E-state index is 12.9. The summed E-state index contributed by atoms with van der Waals surface area (Å²) in [6.45, 7) is 1.18. The molecule has 21 heavy (non-hydrogen) atoms. The number of rotatable bonds is 3. The highest BCUT2D eigenvalue weighted by atomic mass is 19.4. The Morgan fingerprint density at radius 2 is 2.10 bits per heavy atom. The number of carbonyl (C=O) groups excluding carboxylic acids is 1. The summed E-state index contributed by atoms with van der Waals surface area (Å²) < 4.78 is 38.8. The van der Waals surface area contributed by atoms with Crippen molar-refractivity contribution in [2.75, 3.05) is 20.1 Å². The van der Waals surface area contributed by atoms with Crippen molar-refractivity contribution in [2.45, 2.75) is 31.5 Å². The lowest BCUT2D eigenvalue weighted by atomic mass is 10.0. The number of halogens is 3. The van der Waals surface area contributed by atoms with Gasteiger partial charge in [-0.2, -0.15) is 13.2 Å². The number of likely N-dealkylation sites (N-methyl/N-ethyl adjacent to an activating group) is 1. The van der Waals surface area contributed by atoms with Gasteiger partial charge < -0.3 is 10.2 Å². The Balaban J connectivity index is 2.10. The van der Waals surface area contributed by atoms with E-state index in [1.54, 1.807) is 4.90 Å². The minimum Gasteiger partial charge on any atom is -0.341 e. The van der Waals surface area contributed by atoms with E-state index in [1.807, 2.05) is 7.05 Å². The second-order valence-electron chi connectivity index (χ2n) is 5.30. The van der Waals surface area contributed by atoms with E-state index in [0.717, 1.165) is 18.9 Å². The largest absolute Gasteiger partial charge is 0.416 e. The van der Waals surface area contributed by atoms with E-state index in [9.17, 15) is 18.0 Å². The van der Waals surface area contributed by atoms with Gasteiger partial charge in [0.15, 0.2) is 0 Å². The monoisotopic (exact) mass is 300 g/mol. The molecule has 6 heteroatoms. The smallest absolute Gasteiger partial charge is 0.341 e. The molecule has 1 atom stereocenters. The predicted molar refractivity (Wildman–Crippen MR) is 73.8 cm³/mol. The zero-order valence-corrected chi connectivity index (χ0v) is 11.9. The molecule has 116 valence electrons. The molecule has 3 nitrogen and oxygen atoms in total. The van der Waals surface area contributed by atoms with Crippen molar-refractivity contribution in [3.63, 3.8) is 0 Å². The first-order chi connectivity index (χ1) is 9.91. The number of amides is 1. The first-order valence-corrected chi connectivity index (χ1v) is 7.02. The van der Waals surface area contributed by atoms with E-state index >= 15 is 0 Å². The highest BCUT2D eigenvalue weighted by Crippen LogP contribution is 2.32. The molecule has 0 aromatic heterocycles. The second kappa shape index (κ2) is 6.47. The summed E-state index contributed by atoms with van der Waals surface area (Å²) in [5, 5.41) is 3.11. The summed E-state index contributed by atoms with van der Waals surface area (Å²) in [5.41, 5.74) is -0.679. The summed E-state index contributed by atoms with van der Waals surface area (Å²) >= 11 is 0. The van der Waals surface area contributed by atoms with Crippen molar-refractivity contribution < 1.29 is 18.0 Å². The molecule has 1 aromatic carbocycles.